The molecule has 0 aliphatic rings. The molecule has 0 bridgehead atoms. The normalized spacial score (nSPS) is 13.0. The molecule has 6 heteroatoms. The molecule has 0 radical (unpaired) electrons. The molecular formula is C15H13BrClFN2S. The molecule has 0 N–H and O–H groups in total. The third-order valence-electron chi connectivity index (χ3n) is 3.34. The van der Waals surface area contributed by atoms with E-state index in [2.05, 4.69) is 32.4 Å². The maximum absolute atomic E-state index is 13.8. The zero-order valence-corrected chi connectivity index (χ0v) is 14.5. The van der Waals surface area contributed by atoms with Gasteiger partial charge in [-0.25, -0.2) is 9.37 Å². The summed E-state index contributed by atoms with van der Waals surface area (Å²) in [5, 5.41) is 1.84. The Morgan fingerprint density at radius 2 is 2.29 bits per heavy atom. The minimum atomic E-state index is -0.284. The molecule has 21 heavy (non-hydrogen) atoms. The molecule has 1 atom stereocenters. The Morgan fingerprint density at radius 3 is 2.95 bits per heavy atom. The highest BCUT2D eigenvalue weighted by Gasteiger charge is 2.16. The minimum Gasteiger partial charge on any atom is -0.326 e. The van der Waals surface area contributed by atoms with Crippen LogP contribution in [0.1, 0.15) is 23.0 Å². The molecule has 1 aromatic carbocycles. The van der Waals surface area contributed by atoms with E-state index in [0.717, 1.165) is 29.8 Å². The molecule has 0 fully saturated rings. The predicted octanol–water partition coefficient (Wildman–Crippen LogP) is 5.54. The van der Waals surface area contributed by atoms with Gasteiger partial charge < -0.3 is 4.57 Å². The average molecular weight is 388 g/mol. The van der Waals surface area contributed by atoms with Gasteiger partial charge in [0.25, 0.3) is 0 Å². The zero-order valence-electron chi connectivity index (χ0n) is 11.3. The van der Waals surface area contributed by atoms with Gasteiger partial charge >= 0.3 is 0 Å². The van der Waals surface area contributed by atoms with Crippen molar-refractivity contribution >= 4 is 49.9 Å². The summed E-state index contributed by atoms with van der Waals surface area (Å²) in [7, 11) is 0. The smallest absolute Gasteiger partial charge is 0.139 e. The molecule has 0 spiro atoms. The molecule has 110 valence electrons. The topological polar surface area (TPSA) is 17.8 Å². The van der Waals surface area contributed by atoms with Crippen LogP contribution in [-0.2, 0) is 13.0 Å². The second-order valence-electron chi connectivity index (χ2n) is 4.82. The van der Waals surface area contributed by atoms with Gasteiger partial charge in [-0.1, -0.05) is 6.07 Å². The fourth-order valence-corrected chi connectivity index (χ4v) is 3.55. The van der Waals surface area contributed by atoms with Crippen molar-refractivity contribution in [1.82, 2.24) is 9.55 Å². The van der Waals surface area contributed by atoms with Gasteiger partial charge in [0.05, 0.1) is 20.9 Å². The lowest BCUT2D eigenvalue weighted by molar-refractivity contribution is 0.619. The highest BCUT2D eigenvalue weighted by Crippen LogP contribution is 2.28. The molecule has 1 unspecified atom stereocenters. The van der Waals surface area contributed by atoms with E-state index in [1.807, 2.05) is 17.6 Å². The molecule has 2 nitrogen and oxygen atoms in total. The molecule has 3 rings (SSSR count). The van der Waals surface area contributed by atoms with E-state index < -0.39 is 0 Å². The van der Waals surface area contributed by atoms with Crippen molar-refractivity contribution in [2.24, 2.45) is 0 Å². The van der Waals surface area contributed by atoms with Crippen molar-refractivity contribution in [3.63, 3.8) is 0 Å². The lowest BCUT2D eigenvalue weighted by Gasteiger charge is -2.10. The molecule has 2 aromatic heterocycles. The number of imidazole rings is 1. The number of benzene rings is 1. The third-order valence-corrected chi connectivity index (χ3v) is 5.08. The lowest BCUT2D eigenvalue weighted by Crippen LogP contribution is -2.06. The molecule has 0 aliphatic carbocycles. The summed E-state index contributed by atoms with van der Waals surface area (Å²) in [6.45, 7) is 2.63. The van der Waals surface area contributed by atoms with E-state index >= 15 is 0 Å². The number of hydrogen-bond acceptors (Lipinski definition) is 2. The average Bonchev–Trinajstić information content (AvgIpc) is 3.05. The van der Waals surface area contributed by atoms with Gasteiger partial charge in [-0.05, 0) is 46.8 Å². The van der Waals surface area contributed by atoms with Crippen LogP contribution in [0.25, 0.3) is 11.0 Å². The lowest BCUT2D eigenvalue weighted by atomic mass is 10.3. The van der Waals surface area contributed by atoms with Gasteiger partial charge in [-0.15, -0.1) is 22.9 Å². The monoisotopic (exact) mass is 386 g/mol. The SMILES string of the molecule is CC(Cl)c1nc2cc(Br)c(F)cc2n1CCc1cccs1. The van der Waals surface area contributed by atoms with Crippen molar-refractivity contribution in [1.29, 1.82) is 0 Å². The first-order valence-electron chi connectivity index (χ1n) is 6.58. The number of hydrogen-bond donors (Lipinski definition) is 0. The quantitative estimate of drug-likeness (QED) is 0.537. The highest BCUT2D eigenvalue weighted by atomic mass is 79.9. The standard InChI is InChI=1S/C15H13BrClFN2S/c1-9(17)15-19-13-7-11(16)12(18)8-14(13)20(15)5-4-10-3-2-6-21-10/h2-3,6-9H,4-5H2,1H3. The second kappa shape index (κ2) is 6.07. The van der Waals surface area contributed by atoms with E-state index in [-0.39, 0.29) is 11.2 Å². The van der Waals surface area contributed by atoms with E-state index in [0.29, 0.717) is 4.47 Å². The molecule has 3 aromatic rings. The Bertz CT molecular complexity index is 768. The number of alkyl halides is 1. The second-order valence-corrected chi connectivity index (χ2v) is 7.36. The largest absolute Gasteiger partial charge is 0.326 e. The fraction of sp³-hybridized carbons (Fsp3) is 0.267. The van der Waals surface area contributed by atoms with Crippen LogP contribution in [0.3, 0.4) is 0 Å². The summed E-state index contributed by atoms with van der Waals surface area (Å²) < 4.78 is 16.3. The Labute approximate surface area is 139 Å². The van der Waals surface area contributed by atoms with Crippen molar-refractivity contribution < 1.29 is 4.39 Å². The Morgan fingerprint density at radius 1 is 1.48 bits per heavy atom. The van der Waals surface area contributed by atoms with Crippen LogP contribution >= 0.6 is 38.9 Å². The summed E-state index contributed by atoms with van der Waals surface area (Å²) in [5.74, 6) is 0.495. The molecule has 0 amide bonds. The minimum absolute atomic E-state index is 0.220. The summed E-state index contributed by atoms with van der Waals surface area (Å²) in [5.41, 5.74) is 1.55. The summed E-state index contributed by atoms with van der Waals surface area (Å²) in [6.07, 6.45) is 0.886. The van der Waals surface area contributed by atoms with Crippen LogP contribution in [0.15, 0.2) is 34.1 Å². The summed E-state index contributed by atoms with van der Waals surface area (Å²) in [6, 6.07) is 7.36. The van der Waals surface area contributed by atoms with Crippen molar-refractivity contribution in [2.45, 2.75) is 25.3 Å². The van der Waals surface area contributed by atoms with Gasteiger partial charge in [-0.2, -0.15) is 0 Å². The van der Waals surface area contributed by atoms with Crippen molar-refractivity contribution in [3.8, 4) is 0 Å². The van der Waals surface area contributed by atoms with Gasteiger partial charge in [-0.3, -0.25) is 0 Å². The predicted molar refractivity (Wildman–Crippen MR) is 89.7 cm³/mol. The first-order valence-corrected chi connectivity index (χ1v) is 8.69. The number of rotatable bonds is 4. The first-order chi connectivity index (χ1) is 10.1. The molecule has 0 saturated carbocycles. The van der Waals surface area contributed by atoms with Crippen LogP contribution in [-0.4, -0.2) is 9.55 Å². The van der Waals surface area contributed by atoms with Crippen LogP contribution in [0, 0.1) is 5.82 Å². The van der Waals surface area contributed by atoms with Crippen LogP contribution in [0.2, 0.25) is 0 Å². The number of nitrogens with zero attached hydrogens (tertiary/aromatic N) is 2. The number of thiophene rings is 1. The van der Waals surface area contributed by atoms with Crippen molar-refractivity contribution in [3.05, 3.63) is 50.6 Å². The summed E-state index contributed by atoms with van der Waals surface area (Å²) >= 11 is 11.2. The number of fused-ring (bicyclic) bond motifs is 1. The summed E-state index contributed by atoms with van der Waals surface area (Å²) in [4.78, 5) is 5.85. The van der Waals surface area contributed by atoms with Gasteiger partial charge in [0.15, 0.2) is 0 Å². The Hall–Kier alpha value is -0.910. The molecule has 2 heterocycles. The van der Waals surface area contributed by atoms with Crippen LogP contribution in [0.5, 0.6) is 0 Å². The fourth-order valence-electron chi connectivity index (χ4n) is 2.35. The van der Waals surface area contributed by atoms with E-state index in [9.17, 15) is 4.39 Å². The van der Waals surface area contributed by atoms with E-state index in [1.54, 1.807) is 17.4 Å². The number of aryl methyl sites for hydroxylation is 2. The highest BCUT2D eigenvalue weighted by molar-refractivity contribution is 9.10. The zero-order chi connectivity index (χ0) is 15.0. The Balaban J connectivity index is 2.04. The Kier molecular flexibility index (Phi) is 4.33. The van der Waals surface area contributed by atoms with E-state index in [1.165, 1.54) is 10.9 Å². The van der Waals surface area contributed by atoms with Gasteiger partial charge in [0, 0.05) is 17.5 Å². The van der Waals surface area contributed by atoms with Crippen LogP contribution in [0.4, 0.5) is 4.39 Å². The third kappa shape index (κ3) is 3.00. The van der Waals surface area contributed by atoms with Gasteiger partial charge in [0.1, 0.15) is 11.6 Å². The molecule has 0 saturated heterocycles. The molecule has 0 aliphatic heterocycles. The number of aromatic nitrogens is 2. The van der Waals surface area contributed by atoms with Crippen LogP contribution < -0.4 is 0 Å². The van der Waals surface area contributed by atoms with Crippen molar-refractivity contribution in [2.75, 3.05) is 0 Å². The maximum atomic E-state index is 13.8. The maximum Gasteiger partial charge on any atom is 0.139 e. The number of halogens is 3. The molecular weight excluding hydrogens is 375 g/mol. The van der Waals surface area contributed by atoms with Gasteiger partial charge in [0.2, 0.25) is 0 Å². The van der Waals surface area contributed by atoms with E-state index in [4.69, 9.17) is 11.6 Å². The first kappa shape index (κ1) is 15.0.